The van der Waals surface area contributed by atoms with Crippen LogP contribution in [0.1, 0.15) is 12.6 Å². The van der Waals surface area contributed by atoms with Gasteiger partial charge in [0, 0.05) is 17.3 Å². The Kier molecular flexibility index (Phi) is 3.78. The van der Waals surface area contributed by atoms with Gasteiger partial charge in [-0.25, -0.2) is 9.97 Å². The molecule has 2 N–H and O–H groups in total. The summed E-state index contributed by atoms with van der Waals surface area (Å²) in [5.41, 5.74) is 6.78. The SMILES string of the molecule is CCc1cc(N)nc(-c2cccc(OC(F)(F)F)c2)n1. The van der Waals surface area contributed by atoms with Crippen LogP contribution < -0.4 is 10.5 Å². The highest BCUT2D eigenvalue weighted by Crippen LogP contribution is 2.26. The van der Waals surface area contributed by atoms with Gasteiger partial charge in [-0.1, -0.05) is 19.1 Å². The number of benzene rings is 1. The first-order chi connectivity index (χ1) is 9.37. The minimum atomic E-state index is -4.73. The van der Waals surface area contributed by atoms with Gasteiger partial charge in [0.15, 0.2) is 5.82 Å². The quantitative estimate of drug-likeness (QED) is 0.939. The first-order valence-electron chi connectivity index (χ1n) is 5.87. The molecule has 1 heterocycles. The van der Waals surface area contributed by atoms with Crippen molar-refractivity contribution in [1.82, 2.24) is 9.97 Å². The molecule has 4 nitrogen and oxygen atoms in total. The number of aryl methyl sites for hydroxylation is 1. The second-order valence-corrected chi connectivity index (χ2v) is 4.04. The molecule has 2 aromatic rings. The Balaban J connectivity index is 2.38. The predicted octanol–water partition coefficient (Wildman–Crippen LogP) is 3.19. The van der Waals surface area contributed by atoms with E-state index in [1.54, 1.807) is 12.1 Å². The van der Waals surface area contributed by atoms with Gasteiger partial charge in [0.05, 0.1) is 0 Å². The summed E-state index contributed by atoms with van der Waals surface area (Å²) in [6, 6.07) is 7.09. The average molecular weight is 283 g/mol. The van der Waals surface area contributed by atoms with Crippen molar-refractivity contribution >= 4 is 5.82 Å². The number of nitrogens with zero attached hydrogens (tertiary/aromatic N) is 2. The standard InChI is InChI=1S/C13H12F3N3O/c1-2-9-7-11(17)19-12(18-9)8-4-3-5-10(6-8)20-13(14,15)16/h3-7H,2H2,1H3,(H2,17,18,19). The van der Waals surface area contributed by atoms with E-state index >= 15 is 0 Å². The number of hydrogen-bond acceptors (Lipinski definition) is 4. The molecule has 0 atom stereocenters. The number of hydrogen-bond donors (Lipinski definition) is 1. The molecule has 0 spiro atoms. The van der Waals surface area contributed by atoms with Crippen LogP contribution in [0.2, 0.25) is 0 Å². The second kappa shape index (κ2) is 5.36. The van der Waals surface area contributed by atoms with Crippen LogP contribution in [0.4, 0.5) is 19.0 Å². The summed E-state index contributed by atoms with van der Waals surface area (Å²) in [6.07, 6.45) is -4.08. The van der Waals surface area contributed by atoms with Crippen LogP contribution in [0.25, 0.3) is 11.4 Å². The molecule has 7 heteroatoms. The summed E-state index contributed by atoms with van der Waals surface area (Å²) >= 11 is 0. The van der Waals surface area contributed by atoms with E-state index in [4.69, 9.17) is 5.73 Å². The van der Waals surface area contributed by atoms with Crippen molar-refractivity contribution in [3.8, 4) is 17.1 Å². The Hall–Kier alpha value is -2.31. The number of rotatable bonds is 3. The predicted molar refractivity (Wildman–Crippen MR) is 67.9 cm³/mol. The highest BCUT2D eigenvalue weighted by molar-refractivity contribution is 5.59. The smallest absolute Gasteiger partial charge is 0.406 e. The summed E-state index contributed by atoms with van der Waals surface area (Å²) in [4.78, 5) is 8.25. The summed E-state index contributed by atoms with van der Waals surface area (Å²) in [7, 11) is 0. The lowest BCUT2D eigenvalue weighted by molar-refractivity contribution is -0.274. The van der Waals surface area contributed by atoms with Crippen molar-refractivity contribution in [3.05, 3.63) is 36.0 Å². The van der Waals surface area contributed by atoms with Gasteiger partial charge in [0.25, 0.3) is 0 Å². The number of aromatic nitrogens is 2. The summed E-state index contributed by atoms with van der Waals surface area (Å²) in [5.74, 6) is 0.225. The minimum Gasteiger partial charge on any atom is -0.406 e. The highest BCUT2D eigenvalue weighted by atomic mass is 19.4. The Morgan fingerprint density at radius 2 is 1.95 bits per heavy atom. The molecule has 0 bridgehead atoms. The maximum absolute atomic E-state index is 12.2. The number of anilines is 1. The Morgan fingerprint density at radius 3 is 2.60 bits per heavy atom. The molecule has 0 unspecified atom stereocenters. The van der Waals surface area contributed by atoms with Crippen molar-refractivity contribution in [2.75, 3.05) is 5.73 Å². The zero-order chi connectivity index (χ0) is 14.8. The summed E-state index contributed by atoms with van der Waals surface area (Å²) in [5, 5.41) is 0. The number of nitrogens with two attached hydrogens (primary N) is 1. The molecule has 106 valence electrons. The van der Waals surface area contributed by atoms with Gasteiger partial charge in [-0.2, -0.15) is 0 Å². The molecule has 0 amide bonds. The molecule has 0 aliphatic carbocycles. The molecule has 20 heavy (non-hydrogen) atoms. The third-order valence-electron chi connectivity index (χ3n) is 2.49. The van der Waals surface area contributed by atoms with E-state index < -0.39 is 6.36 Å². The van der Waals surface area contributed by atoms with Crippen molar-refractivity contribution in [1.29, 1.82) is 0 Å². The van der Waals surface area contributed by atoms with Crippen LogP contribution in [-0.4, -0.2) is 16.3 Å². The molecule has 0 radical (unpaired) electrons. The van der Waals surface area contributed by atoms with Crippen molar-refractivity contribution < 1.29 is 17.9 Å². The lowest BCUT2D eigenvalue weighted by Gasteiger charge is -2.10. The molecule has 0 saturated heterocycles. The maximum Gasteiger partial charge on any atom is 0.573 e. The molecule has 1 aromatic carbocycles. The fraction of sp³-hybridized carbons (Fsp3) is 0.231. The largest absolute Gasteiger partial charge is 0.573 e. The van der Waals surface area contributed by atoms with Gasteiger partial charge in [0.1, 0.15) is 11.6 Å². The van der Waals surface area contributed by atoms with Crippen LogP contribution >= 0.6 is 0 Å². The number of halogens is 3. The van der Waals surface area contributed by atoms with Crippen molar-refractivity contribution in [2.24, 2.45) is 0 Å². The average Bonchev–Trinajstić information content (AvgIpc) is 2.36. The van der Waals surface area contributed by atoms with Crippen molar-refractivity contribution in [2.45, 2.75) is 19.7 Å². The number of alkyl halides is 3. The monoisotopic (exact) mass is 283 g/mol. The summed E-state index contributed by atoms with van der Waals surface area (Å²) < 4.78 is 40.4. The second-order valence-electron chi connectivity index (χ2n) is 4.04. The molecule has 0 fully saturated rings. The molecule has 1 aromatic heterocycles. The normalized spacial score (nSPS) is 11.4. The lowest BCUT2D eigenvalue weighted by atomic mass is 10.2. The van der Waals surface area contributed by atoms with Gasteiger partial charge in [-0.05, 0) is 18.6 Å². The Bertz CT molecular complexity index is 614. The molecular formula is C13H12F3N3O. The van der Waals surface area contributed by atoms with Crippen LogP contribution in [0.15, 0.2) is 30.3 Å². The molecule has 0 aliphatic heterocycles. The first kappa shape index (κ1) is 14.1. The molecule has 2 rings (SSSR count). The van der Waals surface area contributed by atoms with Crippen LogP contribution in [0.3, 0.4) is 0 Å². The zero-order valence-corrected chi connectivity index (χ0v) is 10.6. The Labute approximate surface area is 113 Å². The fourth-order valence-electron chi connectivity index (χ4n) is 1.66. The van der Waals surface area contributed by atoms with Gasteiger partial charge >= 0.3 is 6.36 Å². The van der Waals surface area contributed by atoms with Gasteiger partial charge in [-0.3, -0.25) is 0 Å². The van der Waals surface area contributed by atoms with E-state index in [0.717, 1.165) is 5.69 Å². The van der Waals surface area contributed by atoms with E-state index in [0.29, 0.717) is 12.0 Å². The maximum atomic E-state index is 12.2. The molecule has 0 aliphatic rings. The van der Waals surface area contributed by atoms with E-state index in [1.807, 2.05) is 6.92 Å². The van der Waals surface area contributed by atoms with E-state index in [9.17, 15) is 13.2 Å². The van der Waals surface area contributed by atoms with Crippen LogP contribution in [-0.2, 0) is 6.42 Å². The minimum absolute atomic E-state index is 0.272. The first-order valence-corrected chi connectivity index (χ1v) is 5.87. The van der Waals surface area contributed by atoms with Gasteiger partial charge < -0.3 is 10.5 Å². The molecular weight excluding hydrogens is 271 g/mol. The number of ether oxygens (including phenoxy) is 1. The fourth-order valence-corrected chi connectivity index (χ4v) is 1.66. The van der Waals surface area contributed by atoms with Crippen LogP contribution in [0, 0.1) is 0 Å². The third-order valence-corrected chi connectivity index (χ3v) is 2.49. The third kappa shape index (κ3) is 3.59. The van der Waals surface area contributed by atoms with E-state index in [2.05, 4.69) is 14.7 Å². The highest BCUT2D eigenvalue weighted by Gasteiger charge is 2.31. The molecule has 0 saturated carbocycles. The van der Waals surface area contributed by atoms with Crippen LogP contribution in [0.5, 0.6) is 5.75 Å². The summed E-state index contributed by atoms with van der Waals surface area (Å²) in [6.45, 7) is 1.90. The van der Waals surface area contributed by atoms with Crippen molar-refractivity contribution in [3.63, 3.8) is 0 Å². The van der Waals surface area contributed by atoms with E-state index in [1.165, 1.54) is 18.2 Å². The van der Waals surface area contributed by atoms with E-state index in [-0.39, 0.29) is 17.4 Å². The van der Waals surface area contributed by atoms with Gasteiger partial charge in [-0.15, -0.1) is 13.2 Å². The topological polar surface area (TPSA) is 61.0 Å². The Morgan fingerprint density at radius 1 is 1.20 bits per heavy atom. The lowest BCUT2D eigenvalue weighted by Crippen LogP contribution is -2.17. The van der Waals surface area contributed by atoms with Gasteiger partial charge in [0.2, 0.25) is 0 Å². The number of nitrogen functional groups attached to an aromatic ring is 1. The zero-order valence-electron chi connectivity index (χ0n) is 10.6.